The zero-order valence-electron chi connectivity index (χ0n) is 20.0. The molecule has 3 aromatic carbocycles. The van der Waals surface area contributed by atoms with Gasteiger partial charge in [0.2, 0.25) is 0 Å². The lowest BCUT2D eigenvalue weighted by molar-refractivity contribution is 0.272. The van der Waals surface area contributed by atoms with E-state index >= 15 is 4.39 Å². The molecule has 0 saturated carbocycles. The number of hydrogen-bond donors (Lipinski definition) is 1. The predicted molar refractivity (Wildman–Crippen MR) is 136 cm³/mol. The number of hydrogen-bond acceptors (Lipinski definition) is 4. The van der Waals surface area contributed by atoms with E-state index < -0.39 is 28.1 Å². The first kappa shape index (κ1) is 26.0. The van der Waals surface area contributed by atoms with Crippen LogP contribution in [0.1, 0.15) is 42.4 Å². The summed E-state index contributed by atoms with van der Waals surface area (Å²) >= 11 is 6.34. The van der Waals surface area contributed by atoms with Crippen LogP contribution in [0.2, 0.25) is 5.02 Å². The number of aromatic nitrogens is 2. The molecule has 36 heavy (non-hydrogen) atoms. The quantitative estimate of drug-likeness (QED) is 0.314. The van der Waals surface area contributed by atoms with Crippen molar-refractivity contribution >= 4 is 21.4 Å². The average Bonchev–Trinajstić information content (AvgIpc) is 3.23. The van der Waals surface area contributed by atoms with Crippen molar-refractivity contribution in [1.29, 1.82) is 0 Å². The monoisotopic (exact) mass is 530 g/mol. The molecule has 1 heterocycles. The molecule has 0 bridgehead atoms. The van der Waals surface area contributed by atoms with Crippen molar-refractivity contribution in [3.05, 3.63) is 100 Å². The van der Waals surface area contributed by atoms with E-state index in [0.717, 1.165) is 23.6 Å². The topological polar surface area (TPSA) is 72.2 Å². The van der Waals surface area contributed by atoms with Crippen molar-refractivity contribution in [2.45, 2.75) is 37.7 Å². The lowest BCUT2D eigenvalue weighted by Crippen LogP contribution is -2.06. The number of rotatable bonds is 7. The second-order valence-electron chi connectivity index (χ2n) is 8.91. The highest BCUT2D eigenvalue weighted by atomic mass is 35.5. The van der Waals surface area contributed by atoms with Gasteiger partial charge in [-0.3, -0.25) is 0 Å². The molecule has 0 aliphatic carbocycles. The Morgan fingerprint density at radius 3 is 2.33 bits per heavy atom. The summed E-state index contributed by atoms with van der Waals surface area (Å²) in [7, 11) is -3.82. The maximum Gasteiger partial charge on any atom is 0.176 e. The molecule has 1 N–H and O–H groups in total. The van der Waals surface area contributed by atoms with Crippen LogP contribution in [0, 0.1) is 11.6 Å². The molecule has 0 aliphatic rings. The van der Waals surface area contributed by atoms with Gasteiger partial charge in [-0.2, -0.15) is 0 Å². The minimum atomic E-state index is -3.82. The van der Waals surface area contributed by atoms with Gasteiger partial charge in [-0.25, -0.2) is 22.2 Å². The number of sulfone groups is 1. The van der Waals surface area contributed by atoms with Crippen LogP contribution in [0.5, 0.6) is 0 Å². The third kappa shape index (κ3) is 5.21. The molecule has 0 amide bonds. The SMILES string of the molecule is CC(C)c1cn(-c2ccc(-c3cc(F)c(CO)c(S(C)(=O)=O)c3)cc2F)c(Cc2ccccc2Cl)n1. The van der Waals surface area contributed by atoms with Crippen LogP contribution in [0.3, 0.4) is 0 Å². The van der Waals surface area contributed by atoms with E-state index in [1.165, 1.54) is 12.1 Å². The molecule has 4 rings (SSSR count). The number of aliphatic hydroxyl groups is 1. The Kier molecular flexibility index (Phi) is 7.31. The Balaban J connectivity index is 1.80. The molecular formula is C27H25ClF2N2O3S. The van der Waals surface area contributed by atoms with E-state index in [2.05, 4.69) is 0 Å². The number of halogens is 3. The largest absolute Gasteiger partial charge is 0.392 e. The number of imidazole rings is 1. The van der Waals surface area contributed by atoms with E-state index in [9.17, 15) is 17.9 Å². The van der Waals surface area contributed by atoms with Crippen molar-refractivity contribution in [1.82, 2.24) is 9.55 Å². The van der Waals surface area contributed by atoms with Gasteiger partial charge in [-0.05, 0) is 52.9 Å². The summed E-state index contributed by atoms with van der Waals surface area (Å²) in [4.78, 5) is 4.38. The maximum absolute atomic E-state index is 15.5. The third-order valence-corrected chi connectivity index (χ3v) is 7.48. The highest BCUT2D eigenvalue weighted by Gasteiger charge is 2.20. The average molecular weight is 531 g/mol. The second-order valence-corrected chi connectivity index (χ2v) is 11.3. The summed E-state index contributed by atoms with van der Waals surface area (Å²) in [6, 6.07) is 14.1. The van der Waals surface area contributed by atoms with Crippen LogP contribution >= 0.6 is 11.6 Å². The first-order valence-corrected chi connectivity index (χ1v) is 13.5. The van der Waals surface area contributed by atoms with Crippen LogP contribution in [-0.4, -0.2) is 29.3 Å². The smallest absolute Gasteiger partial charge is 0.176 e. The molecule has 4 aromatic rings. The van der Waals surface area contributed by atoms with E-state index in [1.807, 2.05) is 32.0 Å². The second kappa shape index (κ2) is 10.1. The summed E-state index contributed by atoms with van der Waals surface area (Å²) in [6.45, 7) is 3.22. The molecule has 0 radical (unpaired) electrons. The Bertz CT molecular complexity index is 1550. The first-order chi connectivity index (χ1) is 17.0. The van der Waals surface area contributed by atoms with Gasteiger partial charge in [0.1, 0.15) is 17.5 Å². The van der Waals surface area contributed by atoms with Crippen LogP contribution in [0.15, 0.2) is 65.7 Å². The Morgan fingerprint density at radius 1 is 1.03 bits per heavy atom. The normalized spacial score (nSPS) is 11.9. The molecule has 0 fully saturated rings. The summed E-state index contributed by atoms with van der Waals surface area (Å²) in [6.07, 6.45) is 3.10. The van der Waals surface area contributed by atoms with Crippen molar-refractivity contribution in [3.8, 4) is 16.8 Å². The van der Waals surface area contributed by atoms with Gasteiger partial charge in [0.25, 0.3) is 0 Å². The minimum Gasteiger partial charge on any atom is -0.392 e. The number of nitrogens with zero attached hydrogens (tertiary/aromatic N) is 2. The van der Waals surface area contributed by atoms with Crippen molar-refractivity contribution in [3.63, 3.8) is 0 Å². The molecule has 9 heteroatoms. The highest BCUT2D eigenvalue weighted by Crippen LogP contribution is 2.31. The van der Waals surface area contributed by atoms with Gasteiger partial charge >= 0.3 is 0 Å². The van der Waals surface area contributed by atoms with E-state index in [-0.39, 0.29) is 27.6 Å². The van der Waals surface area contributed by atoms with Crippen LogP contribution in [0.4, 0.5) is 8.78 Å². The molecule has 5 nitrogen and oxygen atoms in total. The maximum atomic E-state index is 15.5. The van der Waals surface area contributed by atoms with E-state index in [4.69, 9.17) is 16.6 Å². The molecule has 188 valence electrons. The zero-order valence-corrected chi connectivity index (χ0v) is 21.5. The Morgan fingerprint density at radius 2 is 1.72 bits per heavy atom. The summed E-state index contributed by atoms with van der Waals surface area (Å²) in [5.74, 6) is -0.747. The molecule has 1 aromatic heterocycles. The van der Waals surface area contributed by atoms with Gasteiger partial charge in [0.15, 0.2) is 9.84 Å². The predicted octanol–water partition coefficient (Wildman–Crippen LogP) is 6.08. The Hall–Kier alpha value is -3.07. The number of benzene rings is 3. The fourth-order valence-corrected chi connectivity index (χ4v) is 5.16. The summed E-state index contributed by atoms with van der Waals surface area (Å²) in [5, 5.41) is 10.0. The van der Waals surface area contributed by atoms with Crippen molar-refractivity contribution in [2.24, 2.45) is 0 Å². The van der Waals surface area contributed by atoms with Gasteiger partial charge < -0.3 is 9.67 Å². The summed E-state index contributed by atoms with van der Waals surface area (Å²) < 4.78 is 56.1. The van der Waals surface area contributed by atoms with Gasteiger partial charge in [-0.1, -0.05) is 49.7 Å². The van der Waals surface area contributed by atoms with Crippen molar-refractivity contribution in [2.75, 3.05) is 6.26 Å². The Labute approximate surface area is 213 Å². The lowest BCUT2D eigenvalue weighted by Gasteiger charge is -2.13. The van der Waals surface area contributed by atoms with Gasteiger partial charge in [-0.15, -0.1) is 0 Å². The third-order valence-electron chi connectivity index (χ3n) is 5.95. The highest BCUT2D eigenvalue weighted by molar-refractivity contribution is 7.90. The fourth-order valence-electron chi connectivity index (χ4n) is 4.01. The summed E-state index contributed by atoms with van der Waals surface area (Å²) in [5.41, 5.74) is 2.05. The van der Waals surface area contributed by atoms with Gasteiger partial charge in [0.05, 0.1) is 22.9 Å². The fraction of sp³-hybridized carbons (Fsp3) is 0.222. The molecule has 0 saturated heterocycles. The van der Waals surface area contributed by atoms with E-state index in [0.29, 0.717) is 22.8 Å². The minimum absolute atomic E-state index is 0.112. The van der Waals surface area contributed by atoms with Crippen molar-refractivity contribution < 1.29 is 22.3 Å². The standard InChI is InChI=1S/C27H25ClF2N2O3S/c1-16(2)24-14-32(27(31-24)13-18-6-4-5-7-21(18)28)25-9-8-17(10-23(25)30)19-11-22(29)20(15-33)26(12-19)36(3,34)35/h4-12,14,16,33H,13,15H2,1-3H3. The first-order valence-electron chi connectivity index (χ1n) is 11.2. The van der Waals surface area contributed by atoms with Crippen LogP contribution in [0.25, 0.3) is 16.8 Å². The molecule has 0 aliphatic heterocycles. The lowest BCUT2D eigenvalue weighted by atomic mass is 10.0. The zero-order chi connectivity index (χ0) is 26.2. The van der Waals surface area contributed by atoms with Crippen LogP contribution in [-0.2, 0) is 22.9 Å². The molecule has 0 spiro atoms. The van der Waals surface area contributed by atoms with Gasteiger partial charge in [0, 0.05) is 29.5 Å². The number of aliphatic hydroxyl groups excluding tert-OH is 1. The molecule has 0 unspecified atom stereocenters. The van der Waals surface area contributed by atoms with Crippen LogP contribution < -0.4 is 0 Å². The molecule has 0 atom stereocenters. The molecular weight excluding hydrogens is 506 g/mol. The van der Waals surface area contributed by atoms with E-state index in [1.54, 1.807) is 29.0 Å².